The van der Waals surface area contributed by atoms with Crippen molar-refractivity contribution in [2.75, 3.05) is 32.8 Å². The molecule has 16 heavy (non-hydrogen) atoms. The van der Waals surface area contributed by atoms with Crippen molar-refractivity contribution in [2.24, 2.45) is 17.1 Å². The lowest BCUT2D eigenvalue weighted by Gasteiger charge is -2.31. The molecule has 4 nitrogen and oxygen atoms in total. The van der Waals surface area contributed by atoms with Gasteiger partial charge < -0.3 is 15.4 Å². The van der Waals surface area contributed by atoms with Crippen LogP contribution in [-0.4, -0.2) is 43.7 Å². The normalized spacial score (nSPS) is 21.1. The lowest BCUT2D eigenvalue weighted by atomic mass is 9.91. The Balaban J connectivity index is 2.55. The third kappa shape index (κ3) is 3.19. The van der Waals surface area contributed by atoms with Crippen LogP contribution in [0.5, 0.6) is 0 Å². The molecule has 4 heteroatoms. The second-order valence-electron chi connectivity index (χ2n) is 5.16. The number of rotatable bonds is 5. The van der Waals surface area contributed by atoms with Gasteiger partial charge in [-0.25, -0.2) is 0 Å². The van der Waals surface area contributed by atoms with E-state index in [1.165, 1.54) is 0 Å². The number of carbonyl (C=O) groups is 1. The molecule has 1 fully saturated rings. The SMILES string of the molecule is CCN(CC1CCOC1)C(=O)C(C)(C)CN. The van der Waals surface area contributed by atoms with E-state index >= 15 is 0 Å². The zero-order valence-corrected chi connectivity index (χ0v) is 10.7. The van der Waals surface area contributed by atoms with Gasteiger partial charge >= 0.3 is 0 Å². The van der Waals surface area contributed by atoms with E-state index in [4.69, 9.17) is 10.5 Å². The monoisotopic (exact) mass is 228 g/mol. The smallest absolute Gasteiger partial charge is 0.229 e. The summed E-state index contributed by atoms with van der Waals surface area (Å²) >= 11 is 0. The molecule has 1 atom stereocenters. The Hall–Kier alpha value is -0.610. The summed E-state index contributed by atoms with van der Waals surface area (Å²) in [6.45, 7) is 9.39. The van der Waals surface area contributed by atoms with Gasteiger partial charge in [0.2, 0.25) is 5.91 Å². The third-order valence-corrected chi connectivity index (χ3v) is 3.26. The number of nitrogens with two attached hydrogens (primary N) is 1. The Morgan fingerprint density at radius 3 is 2.69 bits per heavy atom. The van der Waals surface area contributed by atoms with Crippen LogP contribution in [0.15, 0.2) is 0 Å². The maximum absolute atomic E-state index is 12.2. The van der Waals surface area contributed by atoms with Gasteiger partial charge in [-0.1, -0.05) is 0 Å². The molecular weight excluding hydrogens is 204 g/mol. The van der Waals surface area contributed by atoms with Gasteiger partial charge in [-0.3, -0.25) is 4.79 Å². The van der Waals surface area contributed by atoms with Crippen LogP contribution in [0.2, 0.25) is 0 Å². The summed E-state index contributed by atoms with van der Waals surface area (Å²) in [5.74, 6) is 0.655. The van der Waals surface area contributed by atoms with Crippen LogP contribution in [0.1, 0.15) is 27.2 Å². The van der Waals surface area contributed by atoms with Crippen molar-refractivity contribution in [3.05, 3.63) is 0 Å². The number of carbonyl (C=O) groups excluding carboxylic acids is 1. The van der Waals surface area contributed by atoms with Crippen LogP contribution < -0.4 is 5.73 Å². The van der Waals surface area contributed by atoms with Gasteiger partial charge in [-0.05, 0) is 27.2 Å². The van der Waals surface area contributed by atoms with Crippen LogP contribution in [0.4, 0.5) is 0 Å². The minimum absolute atomic E-state index is 0.157. The molecule has 1 aliphatic heterocycles. The summed E-state index contributed by atoms with van der Waals surface area (Å²) in [5, 5.41) is 0. The molecule has 0 aromatic heterocycles. The quantitative estimate of drug-likeness (QED) is 0.759. The molecule has 1 aliphatic rings. The molecule has 1 amide bonds. The molecule has 0 bridgehead atoms. The highest BCUT2D eigenvalue weighted by Crippen LogP contribution is 2.20. The molecule has 1 saturated heterocycles. The van der Waals surface area contributed by atoms with Crippen molar-refractivity contribution in [2.45, 2.75) is 27.2 Å². The fraction of sp³-hybridized carbons (Fsp3) is 0.917. The highest BCUT2D eigenvalue weighted by molar-refractivity contribution is 5.82. The van der Waals surface area contributed by atoms with Crippen molar-refractivity contribution in [1.29, 1.82) is 0 Å². The molecule has 0 aliphatic carbocycles. The van der Waals surface area contributed by atoms with E-state index in [1.54, 1.807) is 0 Å². The summed E-state index contributed by atoms with van der Waals surface area (Å²) in [5.41, 5.74) is 5.19. The van der Waals surface area contributed by atoms with Crippen LogP contribution in [0, 0.1) is 11.3 Å². The minimum Gasteiger partial charge on any atom is -0.381 e. The molecule has 1 rings (SSSR count). The number of amides is 1. The van der Waals surface area contributed by atoms with Crippen LogP contribution >= 0.6 is 0 Å². The summed E-state index contributed by atoms with van der Waals surface area (Å²) in [6.07, 6.45) is 1.06. The standard InChI is InChI=1S/C12H24N2O2/c1-4-14(7-10-5-6-16-8-10)11(15)12(2,3)9-13/h10H,4-9,13H2,1-3H3. The molecule has 0 aromatic rings. The highest BCUT2D eigenvalue weighted by Gasteiger charge is 2.31. The topological polar surface area (TPSA) is 55.6 Å². The summed E-state index contributed by atoms with van der Waals surface area (Å²) in [6, 6.07) is 0. The van der Waals surface area contributed by atoms with Gasteiger partial charge in [0, 0.05) is 32.2 Å². The second kappa shape index (κ2) is 5.64. The van der Waals surface area contributed by atoms with E-state index < -0.39 is 5.41 Å². The average molecular weight is 228 g/mol. The zero-order valence-electron chi connectivity index (χ0n) is 10.7. The first kappa shape index (κ1) is 13.5. The Morgan fingerprint density at radius 1 is 1.56 bits per heavy atom. The fourth-order valence-electron chi connectivity index (χ4n) is 1.91. The molecule has 1 unspecified atom stereocenters. The van der Waals surface area contributed by atoms with Gasteiger partial charge in [-0.15, -0.1) is 0 Å². The van der Waals surface area contributed by atoms with E-state index in [9.17, 15) is 4.79 Å². The van der Waals surface area contributed by atoms with E-state index in [0.29, 0.717) is 12.5 Å². The van der Waals surface area contributed by atoms with Crippen molar-refractivity contribution in [3.8, 4) is 0 Å². The predicted molar refractivity (Wildman–Crippen MR) is 64.0 cm³/mol. The van der Waals surface area contributed by atoms with E-state index in [2.05, 4.69) is 0 Å². The summed E-state index contributed by atoms with van der Waals surface area (Å²) in [4.78, 5) is 14.1. The van der Waals surface area contributed by atoms with Gasteiger partial charge in [0.15, 0.2) is 0 Å². The Kier molecular flexibility index (Phi) is 4.74. The Bertz CT molecular complexity index is 235. The van der Waals surface area contributed by atoms with E-state index in [-0.39, 0.29) is 5.91 Å². The van der Waals surface area contributed by atoms with Gasteiger partial charge in [-0.2, -0.15) is 0 Å². The van der Waals surface area contributed by atoms with Crippen LogP contribution in [-0.2, 0) is 9.53 Å². The van der Waals surface area contributed by atoms with Crippen molar-refractivity contribution in [1.82, 2.24) is 4.90 Å². The van der Waals surface area contributed by atoms with Gasteiger partial charge in [0.25, 0.3) is 0 Å². The molecule has 0 spiro atoms. The van der Waals surface area contributed by atoms with Gasteiger partial charge in [0.05, 0.1) is 12.0 Å². The molecule has 0 saturated carbocycles. The maximum atomic E-state index is 12.2. The van der Waals surface area contributed by atoms with Crippen LogP contribution in [0.25, 0.3) is 0 Å². The highest BCUT2D eigenvalue weighted by atomic mass is 16.5. The van der Waals surface area contributed by atoms with E-state index in [1.807, 2.05) is 25.7 Å². The molecule has 0 aromatic carbocycles. The second-order valence-corrected chi connectivity index (χ2v) is 5.16. The fourth-order valence-corrected chi connectivity index (χ4v) is 1.91. The lowest BCUT2D eigenvalue weighted by molar-refractivity contribution is -0.140. The predicted octanol–water partition coefficient (Wildman–Crippen LogP) is 0.856. The Labute approximate surface area is 98.1 Å². The number of nitrogens with zero attached hydrogens (tertiary/aromatic N) is 1. The third-order valence-electron chi connectivity index (χ3n) is 3.26. The number of hydrogen-bond acceptors (Lipinski definition) is 3. The molecular formula is C12H24N2O2. The first-order valence-electron chi connectivity index (χ1n) is 6.08. The molecule has 2 N–H and O–H groups in total. The lowest BCUT2D eigenvalue weighted by Crippen LogP contribution is -2.46. The minimum atomic E-state index is -0.449. The van der Waals surface area contributed by atoms with Crippen molar-refractivity contribution >= 4 is 5.91 Å². The zero-order chi connectivity index (χ0) is 12.2. The largest absolute Gasteiger partial charge is 0.381 e. The molecule has 0 radical (unpaired) electrons. The number of ether oxygens (including phenoxy) is 1. The van der Waals surface area contributed by atoms with Gasteiger partial charge in [0.1, 0.15) is 0 Å². The first-order valence-corrected chi connectivity index (χ1v) is 6.08. The number of hydrogen-bond donors (Lipinski definition) is 1. The summed E-state index contributed by atoms with van der Waals surface area (Å²) in [7, 11) is 0. The molecule has 94 valence electrons. The summed E-state index contributed by atoms with van der Waals surface area (Å²) < 4.78 is 5.33. The maximum Gasteiger partial charge on any atom is 0.229 e. The first-order chi connectivity index (χ1) is 7.51. The van der Waals surface area contributed by atoms with Crippen molar-refractivity contribution in [3.63, 3.8) is 0 Å². The van der Waals surface area contributed by atoms with Crippen LogP contribution in [0.3, 0.4) is 0 Å². The molecule has 1 heterocycles. The average Bonchev–Trinajstić information content (AvgIpc) is 2.77. The van der Waals surface area contributed by atoms with Crippen molar-refractivity contribution < 1.29 is 9.53 Å². The van der Waals surface area contributed by atoms with E-state index in [0.717, 1.165) is 32.7 Å². The Morgan fingerprint density at radius 2 is 2.25 bits per heavy atom.